The number of hydrogen-bond donors (Lipinski definition) is 0. The van der Waals surface area contributed by atoms with E-state index in [1.165, 1.54) is 64.2 Å². The van der Waals surface area contributed by atoms with Gasteiger partial charge in [-0.05, 0) is 78.5 Å². The minimum absolute atomic E-state index is 0.0177. The highest BCUT2D eigenvalue weighted by molar-refractivity contribution is 6.29. The predicted octanol–water partition coefficient (Wildman–Crippen LogP) is 13.2. The van der Waals surface area contributed by atoms with E-state index in [-0.39, 0.29) is 28.7 Å². The lowest BCUT2D eigenvalue weighted by molar-refractivity contribution is -0.124. The van der Waals surface area contributed by atoms with Crippen LogP contribution in [0.2, 0.25) is 0 Å². The van der Waals surface area contributed by atoms with E-state index >= 15 is 0 Å². The number of carbonyl (C=O) groups excluding carboxylic acids is 2. The van der Waals surface area contributed by atoms with Gasteiger partial charge in [-0.25, -0.2) is 0 Å². The van der Waals surface area contributed by atoms with Gasteiger partial charge < -0.3 is 18.6 Å². The van der Waals surface area contributed by atoms with Gasteiger partial charge >= 0.3 is 0 Å². The number of unbranched alkanes of at least 4 members (excludes halogenated alkanes) is 14. The molecule has 4 aliphatic rings. The second-order valence-electron chi connectivity index (χ2n) is 17.9. The van der Waals surface area contributed by atoms with Gasteiger partial charge in [0.2, 0.25) is 0 Å². The summed E-state index contributed by atoms with van der Waals surface area (Å²) in [5, 5.41) is 19.2. The van der Waals surface area contributed by atoms with Crippen molar-refractivity contribution in [1.82, 2.24) is 9.80 Å². The van der Waals surface area contributed by atoms with Crippen LogP contribution >= 0.6 is 0 Å². The smallest absolute Gasteiger partial charge is 0.261 e. The van der Waals surface area contributed by atoms with Crippen molar-refractivity contribution in [3.8, 4) is 24.0 Å². The number of carbonyl (C=O) groups is 2. The molecule has 0 atom stereocenters. The Morgan fingerprint density at radius 1 is 0.694 bits per heavy atom. The molecule has 0 saturated heterocycles. The maximum atomic E-state index is 14.9. The summed E-state index contributed by atoms with van der Waals surface area (Å²) in [5.74, 6) is 7.96. The summed E-state index contributed by atoms with van der Waals surface area (Å²) in [6, 6.07) is 11.5. The molecule has 0 spiro atoms. The Morgan fingerprint density at radius 3 is 1.76 bits per heavy atom. The van der Waals surface area contributed by atoms with Gasteiger partial charge in [-0.15, -0.1) is 0 Å². The first-order valence-electron chi connectivity index (χ1n) is 23.3. The Hall–Kier alpha value is -5.78. The highest BCUT2D eigenvalue weighted by Gasteiger charge is 2.50. The molecule has 2 aliphatic heterocycles. The number of rotatable bonds is 22. The zero-order valence-corrected chi connectivity index (χ0v) is 37.5. The summed E-state index contributed by atoms with van der Waals surface area (Å²) >= 11 is 0. The third-order valence-electron chi connectivity index (χ3n) is 12.2. The van der Waals surface area contributed by atoms with Crippen molar-refractivity contribution in [3.63, 3.8) is 0 Å². The number of nitriles is 2. The minimum atomic E-state index is -0.210. The number of nitrogens with zero attached hydrogens (tertiary/aromatic N) is 4. The largest absolute Gasteiger partial charge is 0.455 e. The molecule has 0 bridgehead atoms. The second-order valence-corrected chi connectivity index (χ2v) is 17.9. The fraction of sp³-hybridized carbons (Fsp3) is 0.481. The Labute approximate surface area is 370 Å². The topological polar surface area (TPSA) is 114 Å². The number of amides is 2. The van der Waals surface area contributed by atoms with Gasteiger partial charge in [-0.2, -0.15) is 10.5 Å². The lowest BCUT2D eigenvalue weighted by Crippen LogP contribution is -2.31. The van der Waals surface area contributed by atoms with Gasteiger partial charge in [0, 0.05) is 13.1 Å². The number of hydrogen-bond acceptors (Lipinski definition) is 6. The molecule has 8 nitrogen and oxygen atoms in total. The van der Waals surface area contributed by atoms with Crippen molar-refractivity contribution in [3.05, 3.63) is 112 Å². The third kappa shape index (κ3) is 11.6. The maximum absolute atomic E-state index is 14.9. The van der Waals surface area contributed by atoms with Crippen LogP contribution in [0.4, 0.5) is 0 Å². The summed E-state index contributed by atoms with van der Waals surface area (Å²) in [4.78, 5) is 33.3. The molecule has 8 heteroatoms. The summed E-state index contributed by atoms with van der Waals surface area (Å²) in [6.45, 7) is 9.67. The van der Waals surface area contributed by atoms with Gasteiger partial charge in [0.05, 0.1) is 17.1 Å². The van der Waals surface area contributed by atoms with Crippen LogP contribution in [-0.2, 0) is 9.59 Å². The fourth-order valence-corrected chi connectivity index (χ4v) is 9.01. The van der Waals surface area contributed by atoms with E-state index < -0.39 is 0 Å². The van der Waals surface area contributed by atoms with Crippen molar-refractivity contribution >= 4 is 29.3 Å². The molecule has 0 unspecified atom stereocenters. The van der Waals surface area contributed by atoms with E-state index in [4.69, 9.17) is 8.83 Å². The molecule has 2 aromatic heterocycles. The fourth-order valence-electron chi connectivity index (χ4n) is 9.01. The molecule has 2 aromatic rings. The quantitative estimate of drug-likeness (QED) is 0.0663. The lowest BCUT2D eigenvalue weighted by Gasteiger charge is -2.30. The number of furan rings is 2. The summed E-state index contributed by atoms with van der Waals surface area (Å²) in [6.07, 6.45) is 33.3. The van der Waals surface area contributed by atoms with E-state index in [9.17, 15) is 20.1 Å². The monoisotopic (exact) mass is 832 g/mol. The molecule has 0 aromatic carbocycles. The first kappa shape index (κ1) is 45.7. The molecule has 2 amide bonds. The van der Waals surface area contributed by atoms with E-state index in [0.717, 1.165) is 56.1 Å². The van der Waals surface area contributed by atoms with Gasteiger partial charge in [-0.3, -0.25) is 9.59 Å². The Balaban J connectivity index is 1.34. The molecule has 6 rings (SSSR count). The van der Waals surface area contributed by atoms with Gasteiger partial charge in [0.15, 0.2) is 17.3 Å². The average Bonchev–Trinajstić information content (AvgIpc) is 4.11. The molecule has 2 aliphatic carbocycles. The van der Waals surface area contributed by atoms with Crippen molar-refractivity contribution in [2.75, 3.05) is 13.1 Å². The Kier molecular flexibility index (Phi) is 16.5. The van der Waals surface area contributed by atoms with Gasteiger partial charge in [-0.1, -0.05) is 160 Å². The molecule has 4 heterocycles. The van der Waals surface area contributed by atoms with E-state index in [2.05, 4.69) is 51.7 Å². The summed E-state index contributed by atoms with van der Waals surface area (Å²) in [7, 11) is 0. The van der Waals surface area contributed by atoms with Crippen molar-refractivity contribution in [2.24, 2.45) is 11.3 Å². The van der Waals surface area contributed by atoms with Crippen molar-refractivity contribution in [1.29, 1.82) is 10.5 Å². The zero-order chi connectivity index (χ0) is 43.9. The maximum Gasteiger partial charge on any atom is 0.261 e. The van der Waals surface area contributed by atoms with Crippen LogP contribution in [0.25, 0.3) is 17.5 Å². The third-order valence-corrected chi connectivity index (χ3v) is 12.2. The predicted molar refractivity (Wildman–Crippen MR) is 247 cm³/mol. The molecular formula is C54H64N4O4. The Morgan fingerprint density at radius 2 is 1.21 bits per heavy atom. The van der Waals surface area contributed by atoms with Crippen LogP contribution < -0.4 is 0 Å². The summed E-state index contributed by atoms with van der Waals surface area (Å²) < 4.78 is 12.9. The van der Waals surface area contributed by atoms with E-state index in [1.807, 2.05) is 66.8 Å². The van der Waals surface area contributed by atoms with Crippen LogP contribution in [-0.4, -0.2) is 34.7 Å². The first-order chi connectivity index (χ1) is 30.2. The molecule has 0 radical (unpaired) electrons. The van der Waals surface area contributed by atoms with Crippen LogP contribution in [0.15, 0.2) is 97.4 Å². The first-order valence-corrected chi connectivity index (χ1v) is 23.3. The second kappa shape index (κ2) is 22.4. The van der Waals surface area contributed by atoms with Gasteiger partial charge in [0.1, 0.15) is 34.9 Å². The zero-order valence-electron chi connectivity index (χ0n) is 37.5. The minimum Gasteiger partial charge on any atom is -0.455 e. The average molecular weight is 833 g/mol. The van der Waals surface area contributed by atoms with E-state index in [1.54, 1.807) is 9.80 Å². The molecule has 0 N–H and O–H groups in total. The van der Waals surface area contributed by atoms with Crippen LogP contribution in [0.1, 0.15) is 166 Å². The number of fused-ring (bicyclic) bond motifs is 1. The highest BCUT2D eigenvalue weighted by Crippen LogP contribution is 2.47. The highest BCUT2D eigenvalue weighted by atomic mass is 16.3. The van der Waals surface area contributed by atoms with Crippen molar-refractivity contribution < 1.29 is 18.4 Å². The molecule has 324 valence electrons. The Bertz CT molecular complexity index is 2280. The van der Waals surface area contributed by atoms with Gasteiger partial charge in [0.25, 0.3) is 11.8 Å². The molecule has 62 heavy (non-hydrogen) atoms. The molecule has 0 fully saturated rings. The molecule has 0 saturated carbocycles. The standard InChI is InChI=1S/C54H64N4O4/c1-5-7-9-11-13-15-17-21-33-57-50(46-31-29-44(61-46)27-25-40-23-19-20-24-40)48-49(53(57)60)51(58(52(48)59)34-22-18-16-14-12-10-8-6-2)47-32-30-45(62-47)28-26-41-35-42(43(38-55)39-56)37-54(3,4)36-41/h19-20,23-24,26,28-32,35,40H,5-18,21-22,33-34,36-37H2,1-4H3/b28-26+. The van der Waals surface area contributed by atoms with Crippen LogP contribution in [0.5, 0.6) is 0 Å². The van der Waals surface area contributed by atoms with Crippen LogP contribution in [0.3, 0.4) is 0 Å². The SMILES string of the molecule is CCCCCCCCCCN1C(=O)C2=C(c3ccc(/C=C/C4=CC(=C(C#N)C#N)CC(C)(C)C4)o3)N(CCCCCCCCCC)C(=O)C2=C1c1ccc(C#CC2C=CC=C2)o1. The normalized spacial score (nSPS) is 17.1. The lowest BCUT2D eigenvalue weighted by atomic mass is 9.74. The van der Waals surface area contributed by atoms with Crippen molar-refractivity contribution in [2.45, 2.75) is 143 Å². The van der Waals surface area contributed by atoms with Crippen LogP contribution in [0, 0.1) is 45.8 Å². The van der Waals surface area contributed by atoms with E-state index in [0.29, 0.717) is 65.1 Å². The molecular weight excluding hydrogens is 769 g/mol. The summed E-state index contributed by atoms with van der Waals surface area (Å²) in [5.41, 5.74) is 3.50. The number of allylic oxidation sites excluding steroid dienone is 9.